The molecule has 1 rings (SSSR count). The second-order valence-corrected chi connectivity index (χ2v) is 11.3. The first-order valence-electron chi connectivity index (χ1n) is 15.9. The molecule has 6 heteroatoms. The highest BCUT2D eigenvalue weighted by Crippen LogP contribution is 2.38. The maximum Gasteiger partial charge on any atom is 0.115 e. The summed E-state index contributed by atoms with van der Waals surface area (Å²) in [6.07, 6.45) is 14.2. The molecule has 6 atom stereocenters. The Morgan fingerprint density at radius 3 is 1.78 bits per heavy atom. The van der Waals surface area contributed by atoms with Gasteiger partial charge in [-0.1, -0.05) is 112 Å². The van der Waals surface area contributed by atoms with Crippen LogP contribution in [0.3, 0.4) is 0 Å². The molecule has 1 aliphatic rings. The molecule has 6 nitrogen and oxygen atoms in total. The fraction of sp³-hybridized carbons (Fsp3) is 1.00. The average Bonchev–Trinajstić information content (AvgIpc) is 2.89. The number of rotatable bonds is 23. The highest BCUT2D eigenvalue weighted by molar-refractivity contribution is 5.03. The van der Waals surface area contributed by atoms with Gasteiger partial charge in [0.2, 0.25) is 0 Å². The van der Waals surface area contributed by atoms with Gasteiger partial charge >= 0.3 is 0 Å². The van der Waals surface area contributed by atoms with Crippen LogP contribution in [-0.2, 0) is 14.2 Å². The molecule has 1 fully saturated rings. The molecule has 1 aliphatic heterocycles. The Balaban J connectivity index is 2.75. The van der Waals surface area contributed by atoms with E-state index in [2.05, 4.69) is 34.6 Å². The minimum Gasteiger partial charge on any atom is -0.394 e. The summed E-state index contributed by atoms with van der Waals surface area (Å²) in [4.78, 5) is 0. The second kappa shape index (κ2) is 20.6. The molecular formula is C31H62O6. The number of hydrogen-bond acceptors (Lipinski definition) is 6. The van der Waals surface area contributed by atoms with Crippen LogP contribution in [0.4, 0.5) is 0 Å². The number of aliphatic hydroxyl groups is 3. The van der Waals surface area contributed by atoms with Crippen LogP contribution in [0.1, 0.15) is 144 Å². The van der Waals surface area contributed by atoms with Crippen LogP contribution in [0.15, 0.2) is 0 Å². The number of ether oxygens (including phenoxy) is 3. The largest absolute Gasteiger partial charge is 0.394 e. The van der Waals surface area contributed by atoms with Crippen molar-refractivity contribution in [1.82, 2.24) is 0 Å². The van der Waals surface area contributed by atoms with E-state index < -0.39 is 36.1 Å². The van der Waals surface area contributed by atoms with Crippen molar-refractivity contribution in [2.45, 2.75) is 186 Å². The van der Waals surface area contributed by atoms with Crippen molar-refractivity contribution < 1.29 is 29.5 Å². The topological polar surface area (TPSA) is 88.4 Å². The molecule has 1 heterocycles. The normalized spacial score (nSPS) is 25.5. The van der Waals surface area contributed by atoms with E-state index in [9.17, 15) is 15.3 Å². The Kier molecular flexibility index (Phi) is 19.4. The summed E-state index contributed by atoms with van der Waals surface area (Å²) in [7, 11) is 0. The zero-order chi connectivity index (χ0) is 27.5. The zero-order valence-electron chi connectivity index (χ0n) is 25.0. The van der Waals surface area contributed by atoms with Gasteiger partial charge in [0.15, 0.2) is 0 Å². The molecule has 0 aromatic heterocycles. The van der Waals surface area contributed by atoms with Gasteiger partial charge in [0.25, 0.3) is 0 Å². The summed E-state index contributed by atoms with van der Waals surface area (Å²) in [6.45, 7) is 11.0. The van der Waals surface area contributed by atoms with E-state index in [1.807, 2.05) is 0 Å². The number of hydrogen-bond donors (Lipinski definition) is 3. The third kappa shape index (κ3) is 11.8. The molecule has 0 spiro atoms. The molecule has 1 saturated heterocycles. The van der Waals surface area contributed by atoms with Crippen LogP contribution >= 0.6 is 0 Å². The lowest BCUT2D eigenvalue weighted by atomic mass is 9.79. The summed E-state index contributed by atoms with van der Waals surface area (Å²) in [5.74, 6) is 0. The monoisotopic (exact) mass is 530 g/mol. The van der Waals surface area contributed by atoms with Crippen molar-refractivity contribution in [1.29, 1.82) is 0 Å². The van der Waals surface area contributed by atoms with Gasteiger partial charge in [-0.3, -0.25) is 0 Å². The molecule has 37 heavy (non-hydrogen) atoms. The smallest absolute Gasteiger partial charge is 0.115 e. The summed E-state index contributed by atoms with van der Waals surface area (Å²) >= 11 is 0. The van der Waals surface area contributed by atoms with E-state index in [-0.39, 0.29) is 12.7 Å². The molecule has 222 valence electrons. The Morgan fingerprint density at radius 2 is 1.30 bits per heavy atom. The van der Waals surface area contributed by atoms with E-state index in [0.717, 1.165) is 57.8 Å². The zero-order valence-corrected chi connectivity index (χ0v) is 25.0. The molecular weight excluding hydrogens is 468 g/mol. The fourth-order valence-corrected chi connectivity index (χ4v) is 5.95. The van der Waals surface area contributed by atoms with Crippen molar-refractivity contribution in [2.24, 2.45) is 0 Å². The van der Waals surface area contributed by atoms with Crippen molar-refractivity contribution in [2.75, 3.05) is 13.2 Å². The molecule has 0 radical (unpaired) electrons. The third-order valence-corrected chi connectivity index (χ3v) is 8.03. The predicted molar refractivity (Wildman–Crippen MR) is 152 cm³/mol. The van der Waals surface area contributed by atoms with Crippen LogP contribution in [-0.4, -0.2) is 70.8 Å². The minimum absolute atomic E-state index is 0.0327. The molecule has 0 aromatic rings. The van der Waals surface area contributed by atoms with Gasteiger partial charge in [-0.25, -0.2) is 0 Å². The Bertz CT molecular complexity index is 522. The first kappa shape index (κ1) is 34.8. The second-order valence-electron chi connectivity index (χ2n) is 11.3. The molecule has 0 aromatic carbocycles. The third-order valence-electron chi connectivity index (χ3n) is 8.03. The van der Waals surface area contributed by atoms with Gasteiger partial charge in [0.1, 0.15) is 30.5 Å². The van der Waals surface area contributed by atoms with Crippen LogP contribution in [0, 0.1) is 0 Å². The summed E-state index contributed by atoms with van der Waals surface area (Å²) in [5.41, 5.74) is -0.685. The maximum atomic E-state index is 11.3. The summed E-state index contributed by atoms with van der Waals surface area (Å²) in [5, 5.41) is 32.6. The van der Waals surface area contributed by atoms with E-state index in [0.29, 0.717) is 6.61 Å². The van der Waals surface area contributed by atoms with Gasteiger partial charge in [-0.05, 0) is 32.1 Å². The van der Waals surface area contributed by atoms with E-state index in [4.69, 9.17) is 14.2 Å². The van der Waals surface area contributed by atoms with Gasteiger partial charge in [0, 0.05) is 6.61 Å². The Hall–Kier alpha value is -0.240. The lowest BCUT2D eigenvalue weighted by Gasteiger charge is -2.50. The van der Waals surface area contributed by atoms with Crippen LogP contribution < -0.4 is 0 Å². The van der Waals surface area contributed by atoms with E-state index >= 15 is 0 Å². The standard InChI is InChI=1S/C31H62O6/c1-6-11-12-13-14-15-16-17-18-19-23-35-31(21-8-3,22-9-4)30-28(34)27(33)29(26(24-32)37-30)36-25(10-5)20-7-2/h25-30,32-34H,6-24H2,1-5H3/t25?,26-,27-,28-,29-,30?/m1/s1. The molecule has 3 N–H and O–H groups in total. The summed E-state index contributed by atoms with van der Waals surface area (Å²) < 4.78 is 19.1. The van der Waals surface area contributed by atoms with Crippen molar-refractivity contribution in [3.63, 3.8) is 0 Å². The van der Waals surface area contributed by atoms with Crippen LogP contribution in [0.25, 0.3) is 0 Å². The maximum absolute atomic E-state index is 11.3. The molecule has 0 amide bonds. The molecule has 0 saturated carbocycles. The van der Waals surface area contributed by atoms with Crippen molar-refractivity contribution in [3.05, 3.63) is 0 Å². The number of aliphatic hydroxyl groups excluding tert-OH is 3. The lowest BCUT2D eigenvalue weighted by Crippen LogP contribution is -2.66. The predicted octanol–water partition coefficient (Wildman–Crippen LogP) is 6.71. The molecule has 2 unspecified atom stereocenters. The Labute approximate surface area is 228 Å². The average molecular weight is 531 g/mol. The SMILES string of the molecule is CCCCCCCCCCCCOC(CCC)(CCC)C1O[C@H](CO)[C@@H](OC(CC)CCC)[C@H](O)[C@H]1O. The van der Waals surface area contributed by atoms with E-state index in [1.54, 1.807) is 0 Å². The van der Waals surface area contributed by atoms with Crippen molar-refractivity contribution >= 4 is 0 Å². The van der Waals surface area contributed by atoms with Gasteiger partial charge in [-0.2, -0.15) is 0 Å². The van der Waals surface area contributed by atoms with Crippen molar-refractivity contribution in [3.8, 4) is 0 Å². The highest BCUT2D eigenvalue weighted by atomic mass is 16.6. The van der Waals surface area contributed by atoms with Gasteiger partial charge < -0.3 is 29.5 Å². The highest BCUT2D eigenvalue weighted by Gasteiger charge is 2.53. The molecule has 0 aliphatic carbocycles. The van der Waals surface area contributed by atoms with E-state index in [1.165, 1.54) is 51.4 Å². The lowest BCUT2D eigenvalue weighted by molar-refractivity contribution is -0.294. The quantitative estimate of drug-likeness (QED) is 0.127. The van der Waals surface area contributed by atoms with Crippen LogP contribution in [0.5, 0.6) is 0 Å². The van der Waals surface area contributed by atoms with Crippen LogP contribution in [0.2, 0.25) is 0 Å². The first-order chi connectivity index (χ1) is 17.9. The first-order valence-corrected chi connectivity index (χ1v) is 15.9. The Morgan fingerprint density at radius 1 is 0.730 bits per heavy atom. The van der Waals surface area contributed by atoms with Gasteiger partial charge in [-0.15, -0.1) is 0 Å². The minimum atomic E-state index is -1.13. The van der Waals surface area contributed by atoms with Gasteiger partial charge in [0.05, 0.1) is 18.3 Å². The number of unbranched alkanes of at least 4 members (excludes halogenated alkanes) is 9. The fourth-order valence-electron chi connectivity index (χ4n) is 5.95. The summed E-state index contributed by atoms with van der Waals surface area (Å²) in [6, 6.07) is 0. The molecule has 0 bridgehead atoms.